The maximum absolute atomic E-state index is 4.96. The maximum Gasteiger partial charge on any atom is 0.160 e. The lowest BCUT2D eigenvalue weighted by Crippen LogP contribution is -1.95. The highest BCUT2D eigenvalue weighted by molar-refractivity contribution is 7.25. The van der Waals surface area contributed by atoms with E-state index in [1.54, 1.807) is 0 Å². The molecule has 0 fully saturated rings. The molecule has 3 heteroatoms. The van der Waals surface area contributed by atoms with Crippen LogP contribution in [0, 0.1) is 0 Å². The van der Waals surface area contributed by atoms with Gasteiger partial charge in [-0.15, -0.1) is 11.3 Å². The van der Waals surface area contributed by atoms with Gasteiger partial charge in [-0.1, -0.05) is 78.9 Å². The Morgan fingerprint density at radius 2 is 1.03 bits per heavy atom. The van der Waals surface area contributed by atoms with Crippen molar-refractivity contribution in [3.8, 4) is 33.9 Å². The number of hydrogen-bond acceptors (Lipinski definition) is 3. The Morgan fingerprint density at radius 1 is 0.452 bits per heavy atom. The van der Waals surface area contributed by atoms with Crippen LogP contribution in [-0.4, -0.2) is 9.97 Å². The standard InChI is InChI=1S/C28H18N2S/c1-3-9-19(10-4-1)24-18-25(20-11-5-2-6-12-20)30-28(29-24)21-15-16-27-23(17-21)22-13-7-8-14-26(22)31-27/h1-18H. The molecule has 2 nitrogen and oxygen atoms in total. The van der Waals surface area contributed by atoms with Gasteiger partial charge in [0.05, 0.1) is 11.4 Å². The van der Waals surface area contributed by atoms with Crippen molar-refractivity contribution in [2.75, 3.05) is 0 Å². The third-order valence-corrected chi connectivity index (χ3v) is 6.65. The number of hydrogen-bond donors (Lipinski definition) is 0. The number of fused-ring (bicyclic) bond motifs is 3. The van der Waals surface area contributed by atoms with E-state index in [1.165, 1.54) is 20.2 Å². The molecule has 0 radical (unpaired) electrons. The molecule has 31 heavy (non-hydrogen) atoms. The fraction of sp³-hybridized carbons (Fsp3) is 0. The summed E-state index contributed by atoms with van der Waals surface area (Å²) in [5, 5.41) is 2.54. The van der Waals surface area contributed by atoms with Gasteiger partial charge in [0.15, 0.2) is 5.82 Å². The van der Waals surface area contributed by atoms with Crippen LogP contribution in [0.25, 0.3) is 54.1 Å². The van der Waals surface area contributed by atoms with Gasteiger partial charge in [0.25, 0.3) is 0 Å². The molecule has 2 aromatic heterocycles. The van der Waals surface area contributed by atoms with Crippen LogP contribution in [-0.2, 0) is 0 Å². The first kappa shape index (κ1) is 18.0. The van der Waals surface area contributed by atoms with E-state index in [1.807, 2.05) is 47.7 Å². The van der Waals surface area contributed by atoms with Gasteiger partial charge in [-0.05, 0) is 30.3 Å². The van der Waals surface area contributed by atoms with E-state index in [-0.39, 0.29) is 0 Å². The molecule has 0 atom stereocenters. The smallest absolute Gasteiger partial charge is 0.160 e. The number of nitrogens with zero attached hydrogens (tertiary/aromatic N) is 2. The summed E-state index contributed by atoms with van der Waals surface area (Å²) >= 11 is 1.82. The molecule has 146 valence electrons. The SMILES string of the molecule is c1ccc(-c2cc(-c3ccccc3)nc(-c3ccc4sc5ccccc5c4c3)n2)cc1. The first-order chi connectivity index (χ1) is 15.3. The van der Waals surface area contributed by atoms with E-state index in [0.29, 0.717) is 0 Å². The molecule has 0 N–H and O–H groups in total. The van der Waals surface area contributed by atoms with Crippen LogP contribution < -0.4 is 0 Å². The molecule has 0 aliphatic carbocycles. The van der Waals surface area contributed by atoms with E-state index in [2.05, 4.69) is 72.8 Å². The van der Waals surface area contributed by atoms with Crippen molar-refractivity contribution in [3.05, 3.63) is 109 Å². The van der Waals surface area contributed by atoms with Crippen molar-refractivity contribution in [1.82, 2.24) is 9.97 Å². The average molecular weight is 415 g/mol. The van der Waals surface area contributed by atoms with Crippen LogP contribution in [0.1, 0.15) is 0 Å². The molecular weight excluding hydrogens is 396 g/mol. The van der Waals surface area contributed by atoms with Gasteiger partial charge in [-0.3, -0.25) is 0 Å². The number of rotatable bonds is 3. The van der Waals surface area contributed by atoms with Crippen molar-refractivity contribution in [3.63, 3.8) is 0 Å². The zero-order valence-corrected chi connectivity index (χ0v) is 17.5. The zero-order valence-electron chi connectivity index (χ0n) is 16.7. The van der Waals surface area contributed by atoms with Gasteiger partial charge in [0.1, 0.15) is 0 Å². The topological polar surface area (TPSA) is 25.8 Å². The van der Waals surface area contributed by atoms with Gasteiger partial charge >= 0.3 is 0 Å². The first-order valence-corrected chi connectivity index (χ1v) is 11.1. The Morgan fingerprint density at radius 3 is 1.71 bits per heavy atom. The van der Waals surface area contributed by atoms with Gasteiger partial charge < -0.3 is 0 Å². The summed E-state index contributed by atoms with van der Waals surface area (Å²) in [6, 6.07) is 37.8. The fourth-order valence-electron chi connectivity index (χ4n) is 3.96. The van der Waals surface area contributed by atoms with Gasteiger partial charge in [-0.25, -0.2) is 9.97 Å². The molecule has 6 aromatic rings. The lowest BCUT2D eigenvalue weighted by molar-refractivity contribution is 1.18. The van der Waals surface area contributed by atoms with Crippen LogP contribution in [0.15, 0.2) is 109 Å². The lowest BCUT2D eigenvalue weighted by atomic mass is 10.1. The molecule has 0 saturated heterocycles. The molecule has 4 aromatic carbocycles. The second-order valence-corrected chi connectivity index (χ2v) is 8.59. The van der Waals surface area contributed by atoms with E-state index >= 15 is 0 Å². The Hall–Kier alpha value is -3.82. The normalized spacial score (nSPS) is 11.2. The highest BCUT2D eigenvalue weighted by atomic mass is 32.1. The Balaban J connectivity index is 1.58. The van der Waals surface area contributed by atoms with Gasteiger partial charge in [0.2, 0.25) is 0 Å². The van der Waals surface area contributed by atoms with Gasteiger partial charge in [-0.2, -0.15) is 0 Å². The second kappa shape index (κ2) is 7.46. The molecule has 0 bridgehead atoms. The maximum atomic E-state index is 4.96. The fourth-order valence-corrected chi connectivity index (χ4v) is 5.04. The largest absolute Gasteiger partial charge is 0.228 e. The van der Waals surface area contributed by atoms with Crippen molar-refractivity contribution in [2.24, 2.45) is 0 Å². The van der Waals surface area contributed by atoms with Gasteiger partial charge in [0, 0.05) is 36.9 Å². The van der Waals surface area contributed by atoms with Crippen LogP contribution in [0.5, 0.6) is 0 Å². The molecule has 6 rings (SSSR count). The molecule has 0 saturated carbocycles. The predicted octanol–water partition coefficient (Wildman–Crippen LogP) is 7.85. The van der Waals surface area contributed by atoms with E-state index in [9.17, 15) is 0 Å². The van der Waals surface area contributed by atoms with Crippen molar-refractivity contribution >= 4 is 31.5 Å². The molecular formula is C28H18N2S. The van der Waals surface area contributed by atoms with Crippen LogP contribution in [0.2, 0.25) is 0 Å². The number of aromatic nitrogens is 2. The summed E-state index contributed by atoms with van der Waals surface area (Å²) in [5.41, 5.74) is 5.07. The predicted molar refractivity (Wildman–Crippen MR) is 131 cm³/mol. The molecule has 0 spiro atoms. The van der Waals surface area contributed by atoms with Crippen LogP contribution >= 0.6 is 11.3 Å². The minimum atomic E-state index is 0.748. The molecule has 0 amide bonds. The minimum Gasteiger partial charge on any atom is -0.228 e. The summed E-state index contributed by atoms with van der Waals surface area (Å²) in [5.74, 6) is 0.748. The van der Waals surface area contributed by atoms with E-state index in [4.69, 9.17) is 9.97 Å². The highest BCUT2D eigenvalue weighted by Gasteiger charge is 2.12. The third-order valence-electron chi connectivity index (χ3n) is 5.50. The summed E-state index contributed by atoms with van der Waals surface area (Å²) in [7, 11) is 0. The number of thiophene rings is 1. The third kappa shape index (κ3) is 3.29. The van der Waals surface area contributed by atoms with Crippen molar-refractivity contribution in [2.45, 2.75) is 0 Å². The van der Waals surface area contributed by atoms with E-state index in [0.717, 1.165) is 33.9 Å². The molecule has 0 unspecified atom stereocenters. The Labute approximate surface area is 184 Å². The van der Waals surface area contributed by atoms with E-state index < -0.39 is 0 Å². The molecule has 0 aliphatic heterocycles. The zero-order chi connectivity index (χ0) is 20.6. The second-order valence-electron chi connectivity index (χ2n) is 7.50. The molecule has 0 aliphatic rings. The summed E-state index contributed by atoms with van der Waals surface area (Å²) < 4.78 is 2.59. The first-order valence-electron chi connectivity index (χ1n) is 10.3. The lowest BCUT2D eigenvalue weighted by Gasteiger charge is -2.09. The summed E-state index contributed by atoms with van der Waals surface area (Å²) in [4.78, 5) is 9.93. The van der Waals surface area contributed by atoms with Crippen LogP contribution in [0.4, 0.5) is 0 Å². The Kier molecular flexibility index (Phi) is 4.33. The summed E-state index contributed by atoms with van der Waals surface area (Å²) in [6.45, 7) is 0. The average Bonchev–Trinajstić information content (AvgIpc) is 3.23. The van der Waals surface area contributed by atoms with Crippen molar-refractivity contribution in [1.29, 1.82) is 0 Å². The van der Waals surface area contributed by atoms with Crippen molar-refractivity contribution < 1.29 is 0 Å². The highest BCUT2D eigenvalue weighted by Crippen LogP contribution is 2.36. The molecule has 2 heterocycles. The van der Waals surface area contributed by atoms with Crippen LogP contribution in [0.3, 0.4) is 0 Å². The minimum absolute atomic E-state index is 0.748. The summed E-state index contributed by atoms with van der Waals surface area (Å²) in [6.07, 6.45) is 0. The Bertz CT molecular complexity index is 1460. The number of benzene rings is 4. The monoisotopic (exact) mass is 414 g/mol. The quantitative estimate of drug-likeness (QED) is 0.295.